The van der Waals surface area contributed by atoms with Crippen LogP contribution in [-0.4, -0.2) is 22.6 Å². The standard InChI is InChI=1S/C19H13NO4/c21-11-5-3-4-10(8-11)14-9-15(22)20-17-12-6-1-2-7-13(12)18(23)19(24)16(14)17/h1-8,14,21H,9H2,(H,20,22). The van der Waals surface area contributed by atoms with Crippen LogP contribution in [0.15, 0.2) is 54.1 Å². The zero-order valence-corrected chi connectivity index (χ0v) is 12.6. The Hall–Kier alpha value is -3.21. The van der Waals surface area contributed by atoms with E-state index in [0.29, 0.717) is 28.0 Å². The number of phenols is 1. The topological polar surface area (TPSA) is 83.5 Å². The van der Waals surface area contributed by atoms with Gasteiger partial charge in [-0.1, -0.05) is 36.4 Å². The number of allylic oxidation sites excluding steroid dienone is 1. The maximum atomic E-state index is 12.7. The number of nitrogens with one attached hydrogen (secondary N) is 1. The molecule has 1 unspecified atom stereocenters. The first-order valence-electron chi connectivity index (χ1n) is 7.57. The van der Waals surface area contributed by atoms with E-state index in [0.717, 1.165) is 0 Å². The zero-order valence-electron chi connectivity index (χ0n) is 12.6. The smallest absolute Gasteiger partial charge is 0.233 e. The molecule has 24 heavy (non-hydrogen) atoms. The van der Waals surface area contributed by atoms with Gasteiger partial charge in [0.2, 0.25) is 17.5 Å². The summed E-state index contributed by atoms with van der Waals surface area (Å²) < 4.78 is 0. The second kappa shape index (κ2) is 5.16. The van der Waals surface area contributed by atoms with Gasteiger partial charge in [-0.25, -0.2) is 0 Å². The van der Waals surface area contributed by atoms with Crippen LogP contribution in [-0.2, 0) is 9.59 Å². The summed E-state index contributed by atoms with van der Waals surface area (Å²) >= 11 is 0. The van der Waals surface area contributed by atoms with Gasteiger partial charge in [0.1, 0.15) is 5.75 Å². The van der Waals surface area contributed by atoms with Crippen LogP contribution in [0.25, 0.3) is 5.70 Å². The molecule has 1 aliphatic heterocycles. The van der Waals surface area contributed by atoms with Gasteiger partial charge in [-0.2, -0.15) is 0 Å². The number of Topliss-reactive ketones (excluding diaryl/α,β-unsaturated/α-hetero) is 2. The number of fused-ring (bicyclic) bond motifs is 2. The molecule has 118 valence electrons. The number of ketones is 2. The maximum Gasteiger partial charge on any atom is 0.233 e. The summed E-state index contributed by atoms with van der Waals surface area (Å²) in [6.45, 7) is 0. The molecule has 0 radical (unpaired) electrons. The van der Waals surface area contributed by atoms with Crippen molar-refractivity contribution in [2.24, 2.45) is 0 Å². The molecule has 1 aliphatic carbocycles. The highest BCUT2D eigenvalue weighted by molar-refractivity contribution is 6.53. The van der Waals surface area contributed by atoms with Crippen molar-refractivity contribution in [3.05, 3.63) is 70.8 Å². The summed E-state index contributed by atoms with van der Waals surface area (Å²) in [5.41, 5.74) is 2.20. The Labute approximate surface area is 137 Å². The summed E-state index contributed by atoms with van der Waals surface area (Å²) in [7, 11) is 0. The third-order valence-electron chi connectivity index (χ3n) is 4.44. The van der Waals surface area contributed by atoms with E-state index in [9.17, 15) is 19.5 Å². The molecule has 1 atom stereocenters. The maximum absolute atomic E-state index is 12.7. The van der Waals surface area contributed by atoms with Gasteiger partial charge in [0.25, 0.3) is 0 Å². The lowest BCUT2D eigenvalue weighted by atomic mass is 9.75. The molecule has 0 bridgehead atoms. The van der Waals surface area contributed by atoms with Gasteiger partial charge in [-0.05, 0) is 17.7 Å². The SMILES string of the molecule is O=C1CC(c2cccc(O)c2)C2=C(N1)c1ccccc1C(=O)C2=O. The Morgan fingerprint density at radius 2 is 1.67 bits per heavy atom. The van der Waals surface area contributed by atoms with Crippen LogP contribution < -0.4 is 5.32 Å². The Kier molecular flexibility index (Phi) is 3.09. The molecule has 1 heterocycles. The van der Waals surface area contributed by atoms with Crippen LogP contribution in [0, 0.1) is 0 Å². The van der Waals surface area contributed by atoms with Gasteiger partial charge >= 0.3 is 0 Å². The Morgan fingerprint density at radius 3 is 2.42 bits per heavy atom. The lowest BCUT2D eigenvalue weighted by Gasteiger charge is -2.31. The van der Waals surface area contributed by atoms with Gasteiger partial charge < -0.3 is 10.4 Å². The molecule has 0 fully saturated rings. The lowest BCUT2D eigenvalue weighted by Crippen LogP contribution is -2.39. The van der Waals surface area contributed by atoms with Gasteiger partial charge in [-0.3, -0.25) is 14.4 Å². The molecule has 0 aromatic heterocycles. The van der Waals surface area contributed by atoms with Crippen LogP contribution in [0.4, 0.5) is 0 Å². The number of phenolic OH excluding ortho intramolecular Hbond substituents is 1. The number of benzene rings is 2. The minimum Gasteiger partial charge on any atom is -0.508 e. The van der Waals surface area contributed by atoms with E-state index in [2.05, 4.69) is 5.32 Å². The first kappa shape index (κ1) is 14.4. The average molecular weight is 319 g/mol. The van der Waals surface area contributed by atoms with Crippen molar-refractivity contribution in [3.8, 4) is 5.75 Å². The normalized spacial score (nSPS) is 19.7. The Bertz CT molecular complexity index is 942. The van der Waals surface area contributed by atoms with Crippen molar-refractivity contribution >= 4 is 23.2 Å². The number of carbonyl (C=O) groups is 3. The zero-order chi connectivity index (χ0) is 16.8. The third-order valence-corrected chi connectivity index (χ3v) is 4.44. The lowest BCUT2D eigenvalue weighted by molar-refractivity contribution is -0.120. The first-order valence-corrected chi connectivity index (χ1v) is 7.57. The molecule has 4 rings (SSSR count). The number of amides is 1. The molecule has 5 nitrogen and oxygen atoms in total. The molecule has 2 aromatic rings. The molecule has 0 spiro atoms. The predicted octanol–water partition coefficient (Wildman–Crippen LogP) is 2.17. The molecular weight excluding hydrogens is 306 g/mol. The van der Waals surface area contributed by atoms with Crippen LogP contribution in [0.1, 0.15) is 33.8 Å². The monoisotopic (exact) mass is 319 g/mol. The van der Waals surface area contributed by atoms with E-state index < -0.39 is 17.5 Å². The fraction of sp³-hybridized carbons (Fsp3) is 0.105. The van der Waals surface area contributed by atoms with Gasteiger partial charge in [0.15, 0.2) is 0 Å². The van der Waals surface area contributed by atoms with Crippen LogP contribution in [0.3, 0.4) is 0 Å². The molecule has 2 aromatic carbocycles. The van der Waals surface area contributed by atoms with E-state index >= 15 is 0 Å². The van der Waals surface area contributed by atoms with Crippen molar-refractivity contribution in [1.82, 2.24) is 5.32 Å². The van der Waals surface area contributed by atoms with E-state index in [-0.39, 0.29) is 18.1 Å². The largest absolute Gasteiger partial charge is 0.508 e. The highest BCUT2D eigenvalue weighted by Gasteiger charge is 2.41. The molecule has 2 aliphatic rings. The molecule has 1 amide bonds. The number of hydrogen-bond acceptors (Lipinski definition) is 4. The number of aromatic hydroxyl groups is 1. The van der Waals surface area contributed by atoms with Gasteiger partial charge in [0.05, 0.1) is 5.70 Å². The Balaban J connectivity index is 1.97. The fourth-order valence-corrected chi connectivity index (χ4v) is 3.37. The minimum atomic E-state index is -0.600. The molecule has 0 saturated carbocycles. The summed E-state index contributed by atoms with van der Waals surface area (Å²) in [5, 5.41) is 12.5. The quantitative estimate of drug-likeness (QED) is 0.789. The number of hydrogen-bond donors (Lipinski definition) is 2. The Morgan fingerprint density at radius 1 is 0.917 bits per heavy atom. The van der Waals surface area contributed by atoms with Crippen molar-refractivity contribution in [2.45, 2.75) is 12.3 Å². The number of carbonyl (C=O) groups excluding carboxylic acids is 3. The van der Waals surface area contributed by atoms with E-state index in [1.807, 2.05) is 0 Å². The molecule has 5 heteroatoms. The highest BCUT2D eigenvalue weighted by Crippen LogP contribution is 2.41. The van der Waals surface area contributed by atoms with E-state index in [4.69, 9.17) is 0 Å². The molecular formula is C19H13NO4. The summed E-state index contributed by atoms with van der Waals surface area (Å²) in [5.74, 6) is -1.89. The highest BCUT2D eigenvalue weighted by atomic mass is 16.3. The predicted molar refractivity (Wildman–Crippen MR) is 86.3 cm³/mol. The summed E-state index contributed by atoms with van der Waals surface area (Å²) in [6, 6.07) is 13.2. The van der Waals surface area contributed by atoms with Crippen LogP contribution >= 0.6 is 0 Å². The van der Waals surface area contributed by atoms with Gasteiger partial charge in [-0.15, -0.1) is 0 Å². The van der Waals surface area contributed by atoms with Gasteiger partial charge in [0, 0.05) is 29.0 Å². The second-order valence-corrected chi connectivity index (χ2v) is 5.89. The minimum absolute atomic E-state index is 0.0515. The van der Waals surface area contributed by atoms with Crippen LogP contribution in [0.5, 0.6) is 5.75 Å². The second-order valence-electron chi connectivity index (χ2n) is 5.89. The van der Waals surface area contributed by atoms with Crippen LogP contribution in [0.2, 0.25) is 0 Å². The molecule has 2 N–H and O–H groups in total. The van der Waals surface area contributed by atoms with Crippen molar-refractivity contribution in [1.29, 1.82) is 0 Å². The van der Waals surface area contributed by atoms with E-state index in [1.165, 1.54) is 12.1 Å². The van der Waals surface area contributed by atoms with E-state index in [1.54, 1.807) is 36.4 Å². The third kappa shape index (κ3) is 2.06. The first-order chi connectivity index (χ1) is 11.6. The van der Waals surface area contributed by atoms with Crippen molar-refractivity contribution < 1.29 is 19.5 Å². The average Bonchev–Trinajstić information content (AvgIpc) is 2.59. The number of rotatable bonds is 1. The summed E-state index contributed by atoms with van der Waals surface area (Å²) in [6.07, 6.45) is 0.0590. The fourth-order valence-electron chi connectivity index (χ4n) is 3.37. The summed E-state index contributed by atoms with van der Waals surface area (Å²) in [4.78, 5) is 37.3. The molecule has 0 saturated heterocycles. The van der Waals surface area contributed by atoms with Crippen molar-refractivity contribution in [3.63, 3.8) is 0 Å². The van der Waals surface area contributed by atoms with Crippen molar-refractivity contribution in [2.75, 3.05) is 0 Å².